The Morgan fingerprint density at radius 1 is 1.12 bits per heavy atom. The van der Waals surface area contributed by atoms with Crippen LogP contribution in [0.3, 0.4) is 0 Å². The maximum Gasteiger partial charge on any atom is 0.219 e. The van der Waals surface area contributed by atoms with Crippen molar-refractivity contribution >= 4 is 5.91 Å². The molecule has 1 aliphatic rings. The largest absolute Gasteiger partial charge is 0.493 e. The molecule has 1 N–H and O–H groups in total. The van der Waals surface area contributed by atoms with Gasteiger partial charge in [-0.1, -0.05) is 79.4 Å². The van der Waals surface area contributed by atoms with E-state index in [9.17, 15) is 4.79 Å². The van der Waals surface area contributed by atoms with Gasteiger partial charge in [-0.25, -0.2) is 0 Å². The Bertz CT molecular complexity index is 575. The topological polar surface area (TPSA) is 50.8 Å². The quantitative estimate of drug-likeness (QED) is 0.361. The SMILES string of the molecule is CC.CCC.CNC(=O)CCCCCCC1CN(Cc2ccc(OCC(C)C)cc2)CCO1. The van der Waals surface area contributed by atoms with Gasteiger partial charge < -0.3 is 14.8 Å². The van der Waals surface area contributed by atoms with Crippen LogP contribution >= 0.6 is 0 Å². The molecule has 1 amide bonds. The van der Waals surface area contributed by atoms with Crippen molar-refractivity contribution in [1.82, 2.24) is 10.2 Å². The maximum atomic E-state index is 11.2. The molecule has 0 saturated carbocycles. The molecular weight excluding hydrogens is 412 g/mol. The maximum absolute atomic E-state index is 11.2. The summed E-state index contributed by atoms with van der Waals surface area (Å²) in [7, 11) is 1.70. The minimum atomic E-state index is 0.144. The third kappa shape index (κ3) is 16.6. The lowest BCUT2D eigenvalue weighted by Gasteiger charge is -2.33. The summed E-state index contributed by atoms with van der Waals surface area (Å²) in [6.45, 7) is 17.1. The molecular formula is C28H52N2O3. The number of carbonyl (C=O) groups excluding carboxylic acids is 1. The number of hydrogen-bond acceptors (Lipinski definition) is 4. The molecule has 192 valence electrons. The Balaban J connectivity index is 0.00000189. The summed E-state index contributed by atoms with van der Waals surface area (Å²) in [5, 5.41) is 2.67. The van der Waals surface area contributed by atoms with Crippen molar-refractivity contribution in [1.29, 1.82) is 0 Å². The van der Waals surface area contributed by atoms with Gasteiger partial charge in [0.1, 0.15) is 5.75 Å². The van der Waals surface area contributed by atoms with E-state index in [-0.39, 0.29) is 5.91 Å². The van der Waals surface area contributed by atoms with Crippen molar-refractivity contribution < 1.29 is 14.3 Å². The molecule has 5 heteroatoms. The highest BCUT2D eigenvalue weighted by atomic mass is 16.5. The van der Waals surface area contributed by atoms with Crippen molar-refractivity contribution in [3.8, 4) is 5.75 Å². The van der Waals surface area contributed by atoms with E-state index in [4.69, 9.17) is 9.47 Å². The Morgan fingerprint density at radius 3 is 2.36 bits per heavy atom. The van der Waals surface area contributed by atoms with E-state index in [1.807, 2.05) is 13.8 Å². The number of amides is 1. The van der Waals surface area contributed by atoms with Gasteiger partial charge in [-0.05, 0) is 36.5 Å². The van der Waals surface area contributed by atoms with Crippen LogP contribution in [0, 0.1) is 5.92 Å². The molecule has 1 aliphatic heterocycles. The number of hydrogen-bond donors (Lipinski definition) is 1. The monoisotopic (exact) mass is 464 g/mol. The van der Waals surface area contributed by atoms with Gasteiger partial charge in [-0.15, -0.1) is 0 Å². The highest BCUT2D eigenvalue weighted by Crippen LogP contribution is 2.18. The molecule has 0 bridgehead atoms. The lowest BCUT2D eigenvalue weighted by molar-refractivity contribution is -0.120. The second kappa shape index (κ2) is 21.0. The molecule has 1 atom stereocenters. The molecule has 0 aliphatic carbocycles. The highest BCUT2D eigenvalue weighted by Gasteiger charge is 2.20. The zero-order chi connectivity index (χ0) is 24.9. The van der Waals surface area contributed by atoms with E-state index >= 15 is 0 Å². The number of unbranched alkanes of at least 4 members (excludes halogenated alkanes) is 3. The minimum absolute atomic E-state index is 0.144. The van der Waals surface area contributed by atoms with Crippen LogP contribution in [0.4, 0.5) is 0 Å². The zero-order valence-electron chi connectivity index (χ0n) is 22.6. The summed E-state index contributed by atoms with van der Waals surface area (Å²) in [5.41, 5.74) is 1.33. The average molecular weight is 465 g/mol. The van der Waals surface area contributed by atoms with E-state index in [0.717, 1.165) is 57.9 Å². The highest BCUT2D eigenvalue weighted by molar-refractivity contribution is 5.75. The van der Waals surface area contributed by atoms with Crippen LogP contribution in [-0.4, -0.2) is 50.3 Å². The molecule has 1 aromatic rings. The molecule has 33 heavy (non-hydrogen) atoms. The Morgan fingerprint density at radius 2 is 1.76 bits per heavy atom. The third-order valence-corrected chi connectivity index (χ3v) is 5.09. The molecule has 0 spiro atoms. The van der Waals surface area contributed by atoms with Crippen LogP contribution in [0.5, 0.6) is 5.75 Å². The summed E-state index contributed by atoms with van der Waals surface area (Å²) in [5.74, 6) is 1.64. The lowest BCUT2D eigenvalue weighted by atomic mass is 10.1. The predicted molar refractivity (Wildman–Crippen MR) is 141 cm³/mol. The second-order valence-electron chi connectivity index (χ2n) is 8.91. The number of rotatable bonds is 12. The van der Waals surface area contributed by atoms with Crippen LogP contribution in [0.2, 0.25) is 0 Å². The predicted octanol–water partition coefficient (Wildman–Crippen LogP) is 6.45. The summed E-state index contributed by atoms with van der Waals surface area (Å²) >= 11 is 0. The molecule has 5 nitrogen and oxygen atoms in total. The standard InChI is InChI=1S/C23H38N2O3.C3H8.C2H6/c1-19(2)18-28-21-12-10-20(11-13-21)16-25-14-15-27-22(17-25)8-6-4-5-7-9-23(26)24-3;1-3-2;1-2/h10-13,19,22H,4-9,14-18H2,1-3H3,(H,24,26);3H2,1-2H3;1-2H3. The smallest absolute Gasteiger partial charge is 0.219 e. The molecule has 1 fully saturated rings. The van der Waals surface area contributed by atoms with Gasteiger partial charge in [0.2, 0.25) is 5.91 Å². The van der Waals surface area contributed by atoms with Crippen LogP contribution in [-0.2, 0) is 16.1 Å². The number of morpholine rings is 1. The first-order chi connectivity index (χ1) is 16.0. The fourth-order valence-electron chi connectivity index (χ4n) is 3.45. The molecule has 1 aromatic carbocycles. The Kier molecular flexibility index (Phi) is 20.0. The fraction of sp³-hybridized carbons (Fsp3) is 0.750. The number of nitrogens with one attached hydrogen (secondary N) is 1. The first-order valence-corrected chi connectivity index (χ1v) is 13.2. The number of ether oxygens (including phenoxy) is 2. The summed E-state index contributed by atoms with van der Waals surface area (Å²) in [6, 6.07) is 8.50. The molecule has 0 radical (unpaired) electrons. The number of benzene rings is 1. The molecule has 1 unspecified atom stereocenters. The number of nitrogens with zero attached hydrogens (tertiary/aromatic N) is 1. The first kappa shape index (κ1) is 31.4. The first-order valence-electron chi connectivity index (χ1n) is 13.2. The van der Waals surface area contributed by atoms with E-state index < -0.39 is 0 Å². The summed E-state index contributed by atoms with van der Waals surface area (Å²) in [4.78, 5) is 13.7. The van der Waals surface area contributed by atoms with Crippen molar-refractivity contribution in [2.24, 2.45) is 5.92 Å². The average Bonchev–Trinajstić information content (AvgIpc) is 2.82. The third-order valence-electron chi connectivity index (χ3n) is 5.09. The van der Waals surface area contributed by atoms with Gasteiger partial charge in [0.25, 0.3) is 0 Å². The number of carbonyl (C=O) groups is 1. The van der Waals surface area contributed by atoms with E-state index in [0.29, 0.717) is 18.4 Å². The van der Waals surface area contributed by atoms with E-state index in [1.54, 1.807) is 7.05 Å². The van der Waals surface area contributed by atoms with Gasteiger partial charge in [0.05, 0.1) is 19.3 Å². The Labute approximate surface area is 204 Å². The second-order valence-corrected chi connectivity index (χ2v) is 8.91. The lowest BCUT2D eigenvalue weighted by Crippen LogP contribution is -2.41. The summed E-state index contributed by atoms with van der Waals surface area (Å²) < 4.78 is 11.7. The normalized spacial score (nSPS) is 15.7. The van der Waals surface area contributed by atoms with Crippen LogP contribution in [0.25, 0.3) is 0 Å². The van der Waals surface area contributed by atoms with Crippen molar-refractivity contribution in [2.75, 3.05) is 33.4 Å². The molecule has 1 heterocycles. The van der Waals surface area contributed by atoms with Crippen LogP contribution in [0.15, 0.2) is 24.3 Å². The van der Waals surface area contributed by atoms with Crippen molar-refractivity contribution in [3.63, 3.8) is 0 Å². The van der Waals surface area contributed by atoms with Crippen molar-refractivity contribution in [2.45, 2.75) is 99.1 Å². The van der Waals surface area contributed by atoms with E-state index in [2.05, 4.69) is 62.2 Å². The molecule has 1 saturated heterocycles. The molecule has 0 aromatic heterocycles. The Hall–Kier alpha value is -1.59. The van der Waals surface area contributed by atoms with Crippen LogP contribution in [0.1, 0.15) is 92.1 Å². The fourth-order valence-corrected chi connectivity index (χ4v) is 3.45. The van der Waals surface area contributed by atoms with Gasteiger partial charge in [-0.2, -0.15) is 0 Å². The zero-order valence-corrected chi connectivity index (χ0v) is 22.6. The van der Waals surface area contributed by atoms with Gasteiger partial charge in [0.15, 0.2) is 0 Å². The minimum Gasteiger partial charge on any atom is -0.493 e. The van der Waals surface area contributed by atoms with Crippen molar-refractivity contribution in [3.05, 3.63) is 29.8 Å². The van der Waals surface area contributed by atoms with Gasteiger partial charge in [0, 0.05) is 33.1 Å². The van der Waals surface area contributed by atoms with Gasteiger partial charge >= 0.3 is 0 Å². The van der Waals surface area contributed by atoms with Crippen LogP contribution < -0.4 is 10.1 Å². The van der Waals surface area contributed by atoms with Gasteiger partial charge in [-0.3, -0.25) is 9.69 Å². The molecule has 2 rings (SSSR count). The van der Waals surface area contributed by atoms with E-state index in [1.165, 1.54) is 24.8 Å². The summed E-state index contributed by atoms with van der Waals surface area (Å²) in [6.07, 6.45) is 7.79.